The van der Waals surface area contributed by atoms with E-state index in [0.717, 1.165) is 12.8 Å². The first-order valence-electron chi connectivity index (χ1n) is 5.33. The first-order chi connectivity index (χ1) is 6.75. The van der Waals surface area contributed by atoms with Crippen molar-refractivity contribution in [2.45, 2.75) is 38.3 Å². The van der Waals surface area contributed by atoms with Gasteiger partial charge in [-0.15, -0.1) is 0 Å². The van der Waals surface area contributed by atoms with E-state index < -0.39 is 0 Å². The summed E-state index contributed by atoms with van der Waals surface area (Å²) >= 11 is 0. The van der Waals surface area contributed by atoms with Gasteiger partial charge in [0.05, 0.1) is 0 Å². The summed E-state index contributed by atoms with van der Waals surface area (Å²) < 4.78 is 0. The number of rotatable bonds is 2. The van der Waals surface area contributed by atoms with Gasteiger partial charge in [-0.1, -0.05) is 18.2 Å². The molecule has 2 unspecified atom stereocenters. The zero-order valence-electron chi connectivity index (χ0n) is 8.66. The lowest BCUT2D eigenvalue weighted by molar-refractivity contribution is 0.687. The number of benzene rings is 1. The smallest absolute Gasteiger partial charge is 0.0372 e. The van der Waals surface area contributed by atoms with Crippen molar-refractivity contribution in [2.24, 2.45) is 5.73 Å². The molecule has 0 aliphatic heterocycles. The van der Waals surface area contributed by atoms with E-state index in [2.05, 4.69) is 36.5 Å². The molecule has 0 amide bonds. The minimum atomic E-state index is 0.400. The highest BCUT2D eigenvalue weighted by Gasteiger charge is 2.21. The lowest BCUT2D eigenvalue weighted by atomic mass is 10.1. The van der Waals surface area contributed by atoms with Crippen molar-refractivity contribution in [1.29, 1.82) is 0 Å². The Morgan fingerprint density at radius 3 is 2.71 bits per heavy atom. The maximum Gasteiger partial charge on any atom is 0.0372 e. The first kappa shape index (κ1) is 9.53. The lowest BCUT2D eigenvalue weighted by Gasteiger charge is -2.15. The molecular weight excluding hydrogens is 172 g/mol. The Kier molecular flexibility index (Phi) is 2.73. The van der Waals surface area contributed by atoms with Crippen LogP contribution < -0.4 is 11.1 Å². The SMILES string of the molecule is Cc1ccccc1NC1CCC(N)C1. The summed E-state index contributed by atoms with van der Waals surface area (Å²) in [7, 11) is 0. The van der Waals surface area contributed by atoms with Crippen molar-refractivity contribution in [3.8, 4) is 0 Å². The highest BCUT2D eigenvalue weighted by molar-refractivity contribution is 5.51. The molecule has 1 saturated carbocycles. The number of hydrogen-bond acceptors (Lipinski definition) is 2. The molecule has 0 heterocycles. The van der Waals surface area contributed by atoms with E-state index in [1.165, 1.54) is 17.7 Å². The number of nitrogens with one attached hydrogen (secondary N) is 1. The average Bonchev–Trinajstić information content (AvgIpc) is 2.56. The standard InChI is InChI=1S/C12H18N2/c1-9-4-2-3-5-12(9)14-11-7-6-10(13)8-11/h2-5,10-11,14H,6-8,13H2,1H3. The third-order valence-corrected chi connectivity index (χ3v) is 2.98. The summed E-state index contributed by atoms with van der Waals surface area (Å²) in [5.74, 6) is 0. The third-order valence-electron chi connectivity index (χ3n) is 2.98. The Bertz CT molecular complexity index is 309. The van der Waals surface area contributed by atoms with Crippen molar-refractivity contribution in [3.05, 3.63) is 29.8 Å². The molecule has 3 N–H and O–H groups in total. The van der Waals surface area contributed by atoms with Crippen LogP contribution in [0.3, 0.4) is 0 Å². The molecule has 0 bridgehead atoms. The largest absolute Gasteiger partial charge is 0.382 e. The van der Waals surface area contributed by atoms with Gasteiger partial charge in [-0.3, -0.25) is 0 Å². The summed E-state index contributed by atoms with van der Waals surface area (Å²) in [5, 5.41) is 3.56. The zero-order valence-corrected chi connectivity index (χ0v) is 8.66. The van der Waals surface area contributed by atoms with Crippen LogP contribution >= 0.6 is 0 Å². The Balaban J connectivity index is 2.01. The molecule has 2 rings (SSSR count). The number of aryl methyl sites for hydroxylation is 1. The minimum absolute atomic E-state index is 0.400. The lowest BCUT2D eigenvalue weighted by Crippen LogP contribution is -2.21. The van der Waals surface area contributed by atoms with Crippen LogP contribution in [0, 0.1) is 6.92 Å². The summed E-state index contributed by atoms with van der Waals surface area (Å²) in [5.41, 5.74) is 8.45. The molecule has 2 atom stereocenters. The second kappa shape index (κ2) is 4.01. The van der Waals surface area contributed by atoms with Crippen LogP contribution in [-0.4, -0.2) is 12.1 Å². The van der Waals surface area contributed by atoms with Gasteiger partial charge in [0.1, 0.15) is 0 Å². The normalized spacial score (nSPS) is 26.4. The summed E-state index contributed by atoms with van der Waals surface area (Å²) in [6, 6.07) is 9.39. The molecule has 0 aromatic heterocycles. The van der Waals surface area contributed by atoms with E-state index in [1.54, 1.807) is 0 Å². The van der Waals surface area contributed by atoms with Gasteiger partial charge in [-0.25, -0.2) is 0 Å². The summed E-state index contributed by atoms with van der Waals surface area (Å²) in [6.07, 6.45) is 3.47. The van der Waals surface area contributed by atoms with Gasteiger partial charge in [0, 0.05) is 17.8 Å². The molecule has 2 heteroatoms. The molecule has 0 spiro atoms. The zero-order chi connectivity index (χ0) is 9.97. The van der Waals surface area contributed by atoms with Crippen LogP contribution in [-0.2, 0) is 0 Å². The number of hydrogen-bond donors (Lipinski definition) is 2. The predicted octanol–water partition coefficient (Wildman–Crippen LogP) is 2.29. The monoisotopic (exact) mass is 190 g/mol. The van der Waals surface area contributed by atoms with E-state index in [-0.39, 0.29) is 0 Å². The van der Waals surface area contributed by atoms with E-state index in [4.69, 9.17) is 5.73 Å². The summed E-state index contributed by atoms with van der Waals surface area (Å²) in [4.78, 5) is 0. The van der Waals surface area contributed by atoms with Crippen LogP contribution in [0.4, 0.5) is 5.69 Å². The molecule has 76 valence electrons. The number of anilines is 1. The summed E-state index contributed by atoms with van der Waals surface area (Å²) in [6.45, 7) is 2.14. The third kappa shape index (κ3) is 2.07. The molecule has 2 nitrogen and oxygen atoms in total. The fourth-order valence-corrected chi connectivity index (χ4v) is 2.10. The Hall–Kier alpha value is -1.02. The molecule has 1 fully saturated rings. The number of nitrogens with two attached hydrogens (primary N) is 1. The quantitative estimate of drug-likeness (QED) is 0.751. The van der Waals surface area contributed by atoms with E-state index in [1.807, 2.05) is 0 Å². The van der Waals surface area contributed by atoms with Crippen molar-refractivity contribution in [1.82, 2.24) is 0 Å². The Labute approximate surface area is 85.5 Å². The van der Waals surface area contributed by atoms with Crippen molar-refractivity contribution >= 4 is 5.69 Å². The van der Waals surface area contributed by atoms with Crippen LogP contribution in [0.1, 0.15) is 24.8 Å². The van der Waals surface area contributed by atoms with Crippen molar-refractivity contribution < 1.29 is 0 Å². The first-order valence-corrected chi connectivity index (χ1v) is 5.33. The predicted molar refractivity (Wildman–Crippen MR) is 60.4 cm³/mol. The molecule has 14 heavy (non-hydrogen) atoms. The molecule has 0 saturated heterocycles. The Morgan fingerprint density at radius 1 is 1.29 bits per heavy atom. The molecule has 1 aromatic carbocycles. The van der Waals surface area contributed by atoms with Gasteiger partial charge in [0.15, 0.2) is 0 Å². The molecule has 1 aliphatic carbocycles. The van der Waals surface area contributed by atoms with Crippen molar-refractivity contribution in [3.63, 3.8) is 0 Å². The van der Waals surface area contributed by atoms with E-state index in [9.17, 15) is 0 Å². The topological polar surface area (TPSA) is 38.0 Å². The Morgan fingerprint density at radius 2 is 2.07 bits per heavy atom. The number of para-hydroxylation sites is 1. The van der Waals surface area contributed by atoms with Gasteiger partial charge in [0.2, 0.25) is 0 Å². The molecule has 1 aromatic rings. The maximum atomic E-state index is 5.88. The van der Waals surface area contributed by atoms with Gasteiger partial charge in [0.25, 0.3) is 0 Å². The van der Waals surface area contributed by atoms with Crippen molar-refractivity contribution in [2.75, 3.05) is 5.32 Å². The van der Waals surface area contributed by atoms with Crippen LogP contribution in [0.25, 0.3) is 0 Å². The van der Waals surface area contributed by atoms with Crippen LogP contribution in [0.2, 0.25) is 0 Å². The fraction of sp³-hybridized carbons (Fsp3) is 0.500. The second-order valence-corrected chi connectivity index (χ2v) is 4.23. The molecule has 0 radical (unpaired) electrons. The van der Waals surface area contributed by atoms with Gasteiger partial charge in [-0.05, 0) is 37.8 Å². The van der Waals surface area contributed by atoms with Crippen LogP contribution in [0.15, 0.2) is 24.3 Å². The minimum Gasteiger partial charge on any atom is -0.382 e. The van der Waals surface area contributed by atoms with E-state index >= 15 is 0 Å². The van der Waals surface area contributed by atoms with Gasteiger partial charge in [-0.2, -0.15) is 0 Å². The highest BCUT2D eigenvalue weighted by Crippen LogP contribution is 2.23. The molecular formula is C12H18N2. The molecule has 1 aliphatic rings. The van der Waals surface area contributed by atoms with Crippen LogP contribution in [0.5, 0.6) is 0 Å². The van der Waals surface area contributed by atoms with Gasteiger partial charge >= 0.3 is 0 Å². The second-order valence-electron chi connectivity index (χ2n) is 4.23. The fourth-order valence-electron chi connectivity index (χ4n) is 2.10. The highest BCUT2D eigenvalue weighted by atomic mass is 14.9. The van der Waals surface area contributed by atoms with Gasteiger partial charge < -0.3 is 11.1 Å². The average molecular weight is 190 g/mol. The van der Waals surface area contributed by atoms with E-state index in [0.29, 0.717) is 12.1 Å². The maximum absolute atomic E-state index is 5.88.